The second-order valence-corrected chi connectivity index (χ2v) is 3.14. The van der Waals surface area contributed by atoms with Gasteiger partial charge >= 0.3 is 5.97 Å². The van der Waals surface area contributed by atoms with E-state index in [9.17, 15) is 4.79 Å². The Balaban J connectivity index is 2.56. The van der Waals surface area contributed by atoms with Crippen LogP contribution >= 0.6 is 0 Å². The Hall–Kier alpha value is -2.17. The molecule has 0 aromatic heterocycles. The summed E-state index contributed by atoms with van der Waals surface area (Å²) in [4.78, 5) is 11.2. The molecule has 0 spiro atoms. The van der Waals surface area contributed by atoms with Crippen LogP contribution in [-0.4, -0.2) is 16.2 Å². The van der Waals surface area contributed by atoms with E-state index in [1.165, 1.54) is 0 Å². The zero-order valence-electron chi connectivity index (χ0n) is 7.66. The van der Waals surface area contributed by atoms with Crippen molar-refractivity contribution in [1.29, 1.82) is 0 Å². The molecule has 2 N–H and O–H groups in total. The first-order valence-corrected chi connectivity index (χ1v) is 4.29. The predicted octanol–water partition coefficient (Wildman–Crippen LogP) is 1.83. The third-order valence-corrected chi connectivity index (χ3v) is 2.19. The number of hydrogen-bond donors (Lipinski definition) is 2. The van der Waals surface area contributed by atoms with E-state index >= 15 is 0 Å². The van der Waals surface area contributed by atoms with Gasteiger partial charge in [0.1, 0.15) is 0 Å². The summed E-state index contributed by atoms with van der Waals surface area (Å²) in [6.45, 7) is 0. The number of hydrogen-bond acceptors (Lipinski definition) is 4. The van der Waals surface area contributed by atoms with Crippen molar-refractivity contribution in [3.05, 3.63) is 47.9 Å². The van der Waals surface area contributed by atoms with Crippen molar-refractivity contribution >= 4 is 5.97 Å². The van der Waals surface area contributed by atoms with E-state index in [2.05, 4.69) is 10.2 Å². The summed E-state index contributed by atoms with van der Waals surface area (Å²) in [5, 5.41) is 25.2. The van der Waals surface area contributed by atoms with Gasteiger partial charge in [-0.25, -0.2) is 4.79 Å². The SMILES string of the molecule is O=C(O)C1(c2ccccc2)C=C(O)N=N1. The van der Waals surface area contributed by atoms with E-state index in [4.69, 9.17) is 10.2 Å². The van der Waals surface area contributed by atoms with Crippen molar-refractivity contribution in [2.45, 2.75) is 5.54 Å². The molecular weight excluding hydrogens is 196 g/mol. The number of rotatable bonds is 2. The molecule has 2 rings (SSSR count). The molecule has 1 unspecified atom stereocenters. The number of benzene rings is 1. The maximum Gasteiger partial charge on any atom is 0.342 e. The molecule has 15 heavy (non-hydrogen) atoms. The fourth-order valence-corrected chi connectivity index (χ4v) is 1.44. The van der Waals surface area contributed by atoms with Crippen LogP contribution < -0.4 is 0 Å². The number of aliphatic carboxylic acids is 1. The quantitative estimate of drug-likeness (QED) is 0.770. The number of aliphatic hydroxyl groups excluding tert-OH is 1. The molecule has 5 nitrogen and oxygen atoms in total. The van der Waals surface area contributed by atoms with Gasteiger partial charge in [0, 0.05) is 6.08 Å². The van der Waals surface area contributed by atoms with Gasteiger partial charge in [0.25, 0.3) is 0 Å². The van der Waals surface area contributed by atoms with Crippen molar-refractivity contribution in [3.8, 4) is 0 Å². The average Bonchev–Trinajstić information content (AvgIpc) is 2.63. The van der Waals surface area contributed by atoms with Crippen LogP contribution in [0, 0.1) is 0 Å². The van der Waals surface area contributed by atoms with Crippen LogP contribution in [-0.2, 0) is 10.3 Å². The summed E-state index contributed by atoms with van der Waals surface area (Å²) in [5.74, 6) is -1.54. The van der Waals surface area contributed by atoms with Gasteiger partial charge in [-0.05, 0) is 5.56 Å². The lowest BCUT2D eigenvalue weighted by Crippen LogP contribution is -2.30. The van der Waals surface area contributed by atoms with Gasteiger partial charge in [0.15, 0.2) is 0 Å². The summed E-state index contributed by atoms with van der Waals surface area (Å²) < 4.78 is 0. The fourth-order valence-electron chi connectivity index (χ4n) is 1.44. The Bertz CT molecular complexity index is 453. The molecule has 0 radical (unpaired) electrons. The molecule has 1 aliphatic heterocycles. The summed E-state index contributed by atoms with van der Waals surface area (Å²) in [5.41, 5.74) is -1.11. The van der Waals surface area contributed by atoms with Crippen LogP contribution in [0.4, 0.5) is 0 Å². The van der Waals surface area contributed by atoms with Gasteiger partial charge in [0.05, 0.1) is 0 Å². The van der Waals surface area contributed by atoms with Gasteiger partial charge in [-0.2, -0.15) is 5.11 Å². The maximum absolute atomic E-state index is 11.2. The molecule has 5 heteroatoms. The molecule has 1 aromatic carbocycles. The van der Waals surface area contributed by atoms with Crippen molar-refractivity contribution in [3.63, 3.8) is 0 Å². The van der Waals surface area contributed by atoms with E-state index in [-0.39, 0.29) is 5.88 Å². The highest BCUT2D eigenvalue weighted by molar-refractivity contribution is 5.84. The third-order valence-electron chi connectivity index (χ3n) is 2.19. The summed E-state index contributed by atoms with van der Waals surface area (Å²) >= 11 is 0. The minimum absolute atomic E-state index is 0.374. The molecule has 0 amide bonds. The zero-order valence-corrected chi connectivity index (χ0v) is 7.66. The van der Waals surface area contributed by atoms with E-state index in [0.717, 1.165) is 6.08 Å². The molecule has 0 bridgehead atoms. The highest BCUT2D eigenvalue weighted by Crippen LogP contribution is 2.33. The van der Waals surface area contributed by atoms with Crippen LogP contribution in [0.2, 0.25) is 0 Å². The second-order valence-electron chi connectivity index (χ2n) is 3.14. The molecule has 1 atom stereocenters. The first-order chi connectivity index (χ1) is 7.15. The Kier molecular flexibility index (Phi) is 2.00. The summed E-state index contributed by atoms with van der Waals surface area (Å²) in [7, 11) is 0. The van der Waals surface area contributed by atoms with Crippen LogP contribution in [0.15, 0.2) is 52.5 Å². The number of nitrogens with zero attached hydrogens (tertiary/aromatic N) is 2. The monoisotopic (exact) mass is 204 g/mol. The number of aliphatic hydroxyl groups is 1. The summed E-state index contributed by atoms with van der Waals surface area (Å²) in [6, 6.07) is 8.44. The lowest BCUT2D eigenvalue weighted by molar-refractivity contribution is -0.141. The van der Waals surface area contributed by atoms with Crippen LogP contribution in [0.3, 0.4) is 0 Å². The smallest absolute Gasteiger partial charge is 0.342 e. The van der Waals surface area contributed by atoms with E-state index in [0.29, 0.717) is 5.56 Å². The standard InChI is InChI=1S/C10H8N2O3/c13-8-6-10(9(14)15,12-11-8)7-4-2-1-3-5-7/h1-6,13H,(H,14,15). The highest BCUT2D eigenvalue weighted by atomic mass is 16.4. The lowest BCUT2D eigenvalue weighted by atomic mass is 9.91. The molecule has 0 saturated carbocycles. The normalized spacial score (nSPS) is 23.9. The van der Waals surface area contributed by atoms with E-state index in [1.807, 2.05) is 0 Å². The topological polar surface area (TPSA) is 82.2 Å². The van der Waals surface area contributed by atoms with E-state index in [1.54, 1.807) is 30.3 Å². The lowest BCUT2D eigenvalue weighted by Gasteiger charge is -2.16. The number of carboxylic acid groups (broad SMARTS) is 1. The van der Waals surface area contributed by atoms with Gasteiger partial charge in [0.2, 0.25) is 11.4 Å². The first kappa shape index (κ1) is 9.39. The Labute approximate surface area is 85.4 Å². The van der Waals surface area contributed by atoms with Crippen LogP contribution in [0.1, 0.15) is 5.56 Å². The molecule has 1 aromatic rings. The van der Waals surface area contributed by atoms with Crippen LogP contribution in [0.25, 0.3) is 0 Å². The zero-order chi connectivity index (χ0) is 10.9. The van der Waals surface area contributed by atoms with Gasteiger partial charge in [-0.1, -0.05) is 30.3 Å². The molecule has 76 valence electrons. The largest absolute Gasteiger partial charge is 0.492 e. The number of carboxylic acids is 1. The third kappa shape index (κ3) is 1.38. The van der Waals surface area contributed by atoms with Crippen molar-refractivity contribution in [1.82, 2.24) is 0 Å². The van der Waals surface area contributed by atoms with Gasteiger partial charge in [-0.15, -0.1) is 5.11 Å². The first-order valence-electron chi connectivity index (χ1n) is 4.29. The summed E-state index contributed by atoms with van der Waals surface area (Å²) in [6.07, 6.45) is 1.12. The fraction of sp³-hybridized carbons (Fsp3) is 0.100. The number of carbonyl (C=O) groups is 1. The minimum atomic E-state index is -1.58. The Morgan fingerprint density at radius 1 is 1.27 bits per heavy atom. The average molecular weight is 204 g/mol. The molecule has 0 aliphatic carbocycles. The Morgan fingerprint density at radius 3 is 2.40 bits per heavy atom. The Morgan fingerprint density at radius 2 is 1.93 bits per heavy atom. The van der Waals surface area contributed by atoms with Crippen molar-refractivity contribution in [2.24, 2.45) is 10.2 Å². The van der Waals surface area contributed by atoms with Crippen LogP contribution in [0.5, 0.6) is 0 Å². The minimum Gasteiger partial charge on any atom is -0.492 e. The molecule has 0 saturated heterocycles. The number of azo groups is 1. The van der Waals surface area contributed by atoms with Crippen molar-refractivity contribution < 1.29 is 15.0 Å². The van der Waals surface area contributed by atoms with Gasteiger partial charge < -0.3 is 10.2 Å². The highest BCUT2D eigenvalue weighted by Gasteiger charge is 2.42. The van der Waals surface area contributed by atoms with Crippen molar-refractivity contribution in [2.75, 3.05) is 0 Å². The molecule has 1 heterocycles. The predicted molar refractivity (Wildman–Crippen MR) is 51.3 cm³/mol. The second kappa shape index (κ2) is 3.20. The van der Waals surface area contributed by atoms with Gasteiger partial charge in [-0.3, -0.25) is 0 Å². The molecule has 1 aliphatic rings. The molecule has 0 fully saturated rings. The maximum atomic E-state index is 11.2. The molecular formula is C10H8N2O3. The van der Waals surface area contributed by atoms with E-state index < -0.39 is 11.5 Å².